The minimum atomic E-state index is -0.211. The van der Waals surface area contributed by atoms with Crippen molar-refractivity contribution in [2.24, 2.45) is 0 Å². The predicted molar refractivity (Wildman–Crippen MR) is 138 cm³/mol. The van der Waals surface area contributed by atoms with Gasteiger partial charge >= 0.3 is 0 Å². The Morgan fingerprint density at radius 3 is 2.19 bits per heavy atom. The van der Waals surface area contributed by atoms with Crippen molar-refractivity contribution >= 4 is 35.1 Å². The third kappa shape index (κ3) is 6.33. The maximum atomic E-state index is 12.5. The van der Waals surface area contributed by atoms with Crippen LogP contribution in [0.25, 0.3) is 11.4 Å². The van der Waals surface area contributed by atoms with Crippen molar-refractivity contribution in [3.05, 3.63) is 58.6 Å². The Bertz CT molecular complexity index is 1250. The molecule has 11 heteroatoms. The third-order valence-corrected chi connectivity index (χ3v) is 5.63. The van der Waals surface area contributed by atoms with Crippen molar-refractivity contribution < 1.29 is 19.1 Å². The Hall–Kier alpha value is -4.05. The lowest BCUT2D eigenvalue weighted by atomic mass is 10.2. The smallest absolute Gasteiger partial charge is 0.251 e. The van der Waals surface area contributed by atoms with E-state index in [0.717, 1.165) is 11.1 Å². The lowest BCUT2D eigenvalue weighted by Crippen LogP contribution is -2.29. The maximum Gasteiger partial charge on any atom is 0.251 e. The van der Waals surface area contributed by atoms with E-state index in [-0.39, 0.29) is 18.6 Å². The quantitative estimate of drug-likeness (QED) is 0.306. The van der Waals surface area contributed by atoms with Crippen molar-refractivity contribution in [3.63, 3.8) is 0 Å². The van der Waals surface area contributed by atoms with Gasteiger partial charge in [-0.3, -0.25) is 9.59 Å². The molecule has 4 rings (SSSR count). The van der Waals surface area contributed by atoms with E-state index in [1.165, 1.54) is 6.92 Å². The zero-order valence-electron chi connectivity index (χ0n) is 20.0. The molecule has 0 spiro atoms. The topological polar surface area (TPSA) is 126 Å². The van der Waals surface area contributed by atoms with Crippen LogP contribution in [0.5, 0.6) is 11.5 Å². The van der Waals surface area contributed by atoms with Crippen LogP contribution < -0.4 is 30.7 Å². The monoisotopic (exact) mass is 510 g/mol. The molecular weight excluding hydrogens is 484 g/mol. The van der Waals surface area contributed by atoms with Crippen LogP contribution in [0.4, 0.5) is 11.6 Å². The van der Waals surface area contributed by atoms with Gasteiger partial charge in [-0.15, -0.1) is 0 Å². The number of anilines is 2. The van der Waals surface area contributed by atoms with Gasteiger partial charge in [0.05, 0.1) is 0 Å². The van der Waals surface area contributed by atoms with Gasteiger partial charge in [-0.05, 0) is 49.4 Å². The molecule has 0 unspecified atom stereocenters. The number of carbonyl (C=O) groups excluding carboxylic acids is 2. The molecule has 36 heavy (non-hydrogen) atoms. The second-order valence-electron chi connectivity index (χ2n) is 8.04. The van der Waals surface area contributed by atoms with Crippen LogP contribution in [0.15, 0.2) is 42.5 Å². The van der Waals surface area contributed by atoms with E-state index in [1.54, 1.807) is 30.3 Å². The fourth-order valence-electron chi connectivity index (χ4n) is 3.51. The van der Waals surface area contributed by atoms with E-state index < -0.39 is 0 Å². The van der Waals surface area contributed by atoms with E-state index in [4.69, 9.17) is 21.1 Å². The summed E-state index contributed by atoms with van der Waals surface area (Å²) in [4.78, 5) is 33.0. The van der Waals surface area contributed by atoms with Crippen LogP contribution >= 0.6 is 11.6 Å². The first kappa shape index (κ1) is 25.1. The number of nitrogens with one attached hydrogen (secondary N) is 4. The summed E-state index contributed by atoms with van der Waals surface area (Å²) in [5.41, 5.74) is 2.12. The van der Waals surface area contributed by atoms with Crippen LogP contribution in [0, 0.1) is 6.92 Å². The molecule has 10 nitrogen and oxygen atoms in total. The van der Waals surface area contributed by atoms with Gasteiger partial charge in [0, 0.05) is 54.8 Å². The summed E-state index contributed by atoms with van der Waals surface area (Å²) in [6, 6.07) is 12.3. The molecule has 2 amide bonds. The van der Waals surface area contributed by atoms with Crippen molar-refractivity contribution in [3.8, 4) is 22.9 Å². The first-order chi connectivity index (χ1) is 17.4. The standard InChI is InChI=1S/C25H27ClN6O4/c1-15-22(28-10-9-27-16(2)33)31-24(17-3-6-19(26)7-4-17)32-23(15)29-11-12-30-25(34)18-5-8-20-21(13-18)36-14-35-20/h3-8,13H,9-12,14H2,1-2H3,(H,27,33)(H,30,34)(H2,28,29,31,32). The van der Waals surface area contributed by atoms with Crippen LogP contribution in [0.3, 0.4) is 0 Å². The summed E-state index contributed by atoms with van der Waals surface area (Å²) < 4.78 is 10.6. The van der Waals surface area contributed by atoms with Crippen molar-refractivity contribution in [1.29, 1.82) is 0 Å². The van der Waals surface area contributed by atoms with Gasteiger partial charge < -0.3 is 30.7 Å². The molecule has 0 radical (unpaired) electrons. The molecular formula is C25H27ClN6O4. The van der Waals surface area contributed by atoms with E-state index in [1.807, 2.05) is 19.1 Å². The normalized spacial score (nSPS) is 11.6. The van der Waals surface area contributed by atoms with Crippen LogP contribution in [0.1, 0.15) is 22.8 Å². The lowest BCUT2D eigenvalue weighted by Gasteiger charge is -2.16. The number of amides is 2. The summed E-state index contributed by atoms with van der Waals surface area (Å²) in [7, 11) is 0. The fourth-order valence-corrected chi connectivity index (χ4v) is 3.63. The molecule has 188 valence electrons. The second kappa shape index (κ2) is 11.6. The minimum Gasteiger partial charge on any atom is -0.454 e. The summed E-state index contributed by atoms with van der Waals surface area (Å²) >= 11 is 6.03. The Morgan fingerprint density at radius 1 is 0.889 bits per heavy atom. The average molecular weight is 511 g/mol. The highest BCUT2D eigenvalue weighted by molar-refractivity contribution is 6.30. The van der Waals surface area contributed by atoms with E-state index in [0.29, 0.717) is 65.7 Å². The molecule has 2 heterocycles. The Morgan fingerprint density at radius 2 is 1.53 bits per heavy atom. The predicted octanol–water partition coefficient (Wildman–Crippen LogP) is 3.22. The molecule has 0 aliphatic carbocycles. The van der Waals surface area contributed by atoms with Gasteiger partial charge in [0.1, 0.15) is 11.6 Å². The number of aromatic nitrogens is 2. The number of halogens is 1. The molecule has 0 saturated carbocycles. The van der Waals surface area contributed by atoms with Crippen molar-refractivity contribution in [2.75, 3.05) is 43.6 Å². The third-order valence-electron chi connectivity index (χ3n) is 5.38. The average Bonchev–Trinajstić information content (AvgIpc) is 3.34. The number of carbonyl (C=O) groups is 2. The van der Waals surface area contributed by atoms with Crippen LogP contribution in [-0.4, -0.2) is 54.8 Å². The van der Waals surface area contributed by atoms with Gasteiger partial charge in [-0.25, -0.2) is 9.97 Å². The molecule has 1 aromatic heterocycles. The number of fused-ring (bicyclic) bond motifs is 1. The zero-order chi connectivity index (χ0) is 25.5. The Kier molecular flexibility index (Phi) is 8.06. The molecule has 3 aromatic rings. The number of rotatable bonds is 10. The molecule has 0 atom stereocenters. The SMILES string of the molecule is CC(=O)NCCNc1nc(-c2ccc(Cl)cc2)nc(NCCNC(=O)c2ccc3c(c2)OCO3)c1C. The lowest BCUT2D eigenvalue weighted by molar-refractivity contribution is -0.118. The summed E-state index contributed by atoms with van der Waals surface area (Å²) in [6.45, 7) is 5.32. The molecule has 0 saturated heterocycles. The van der Waals surface area contributed by atoms with Crippen LogP contribution in [-0.2, 0) is 4.79 Å². The van der Waals surface area contributed by atoms with Gasteiger partial charge in [-0.2, -0.15) is 0 Å². The first-order valence-corrected chi connectivity index (χ1v) is 11.8. The molecule has 1 aliphatic rings. The molecule has 0 fully saturated rings. The number of hydrogen-bond donors (Lipinski definition) is 4. The van der Waals surface area contributed by atoms with Crippen LogP contribution in [0.2, 0.25) is 5.02 Å². The second-order valence-corrected chi connectivity index (χ2v) is 8.47. The zero-order valence-corrected chi connectivity index (χ0v) is 20.7. The number of benzene rings is 2. The first-order valence-electron chi connectivity index (χ1n) is 11.5. The van der Waals surface area contributed by atoms with Gasteiger partial charge in [0.2, 0.25) is 12.7 Å². The van der Waals surface area contributed by atoms with E-state index >= 15 is 0 Å². The summed E-state index contributed by atoms with van der Waals surface area (Å²) in [6.07, 6.45) is 0. The number of nitrogens with zero attached hydrogens (tertiary/aromatic N) is 2. The van der Waals surface area contributed by atoms with Gasteiger partial charge in [0.15, 0.2) is 17.3 Å². The van der Waals surface area contributed by atoms with E-state index in [2.05, 4.69) is 31.2 Å². The maximum absolute atomic E-state index is 12.5. The highest BCUT2D eigenvalue weighted by Gasteiger charge is 2.16. The Balaban J connectivity index is 1.42. The summed E-state index contributed by atoms with van der Waals surface area (Å²) in [5.74, 6) is 2.68. The molecule has 4 N–H and O–H groups in total. The van der Waals surface area contributed by atoms with Gasteiger partial charge in [-0.1, -0.05) is 11.6 Å². The number of hydrogen-bond acceptors (Lipinski definition) is 8. The fraction of sp³-hybridized carbons (Fsp3) is 0.280. The number of ether oxygens (including phenoxy) is 2. The highest BCUT2D eigenvalue weighted by atomic mass is 35.5. The van der Waals surface area contributed by atoms with Crippen molar-refractivity contribution in [1.82, 2.24) is 20.6 Å². The molecule has 1 aliphatic heterocycles. The van der Waals surface area contributed by atoms with Crippen molar-refractivity contribution in [2.45, 2.75) is 13.8 Å². The molecule has 2 aromatic carbocycles. The minimum absolute atomic E-state index is 0.0942. The largest absolute Gasteiger partial charge is 0.454 e. The Labute approximate surface area is 213 Å². The summed E-state index contributed by atoms with van der Waals surface area (Å²) in [5, 5.41) is 12.8. The van der Waals surface area contributed by atoms with Gasteiger partial charge in [0.25, 0.3) is 5.91 Å². The molecule has 0 bridgehead atoms. The highest BCUT2D eigenvalue weighted by Crippen LogP contribution is 2.32. The van der Waals surface area contributed by atoms with E-state index in [9.17, 15) is 9.59 Å².